The second-order valence-electron chi connectivity index (χ2n) is 7.35. The van der Waals surface area contributed by atoms with Crippen molar-refractivity contribution in [1.82, 2.24) is 10.3 Å². The Kier molecular flexibility index (Phi) is 5.20. The Balaban J connectivity index is 1.51. The van der Waals surface area contributed by atoms with Crippen molar-refractivity contribution in [2.24, 2.45) is 4.99 Å². The van der Waals surface area contributed by atoms with Crippen LogP contribution in [0.5, 0.6) is 5.75 Å². The lowest BCUT2D eigenvalue weighted by molar-refractivity contribution is -0.125. The van der Waals surface area contributed by atoms with E-state index in [1.165, 1.54) is 5.01 Å². The Morgan fingerprint density at radius 3 is 2.48 bits per heavy atom. The zero-order valence-corrected chi connectivity index (χ0v) is 16.6. The Hall–Kier alpha value is -3.35. The molecule has 7 nitrogen and oxygen atoms in total. The highest BCUT2D eigenvalue weighted by molar-refractivity contribution is 6.39. The minimum atomic E-state index is -0.196. The summed E-state index contributed by atoms with van der Waals surface area (Å²) in [5.41, 5.74) is 5.74. The average Bonchev–Trinajstić information content (AvgIpc) is 3.58. The molecule has 1 saturated carbocycles. The van der Waals surface area contributed by atoms with Gasteiger partial charge in [0.05, 0.1) is 12.8 Å². The molecule has 1 fully saturated rings. The Morgan fingerprint density at radius 2 is 1.86 bits per heavy atom. The molecule has 1 aliphatic carbocycles. The topological polar surface area (TPSA) is 74.2 Å². The number of methoxy groups -OCH3 is 1. The summed E-state index contributed by atoms with van der Waals surface area (Å²) in [7, 11) is 1.63. The number of nitrogens with one attached hydrogen (secondary N) is 1. The van der Waals surface area contributed by atoms with E-state index in [0.717, 1.165) is 29.7 Å². The van der Waals surface area contributed by atoms with Crippen molar-refractivity contribution in [2.75, 3.05) is 18.7 Å². The van der Waals surface area contributed by atoms with Crippen molar-refractivity contribution < 1.29 is 14.3 Å². The fraction of sp³-hybridized carbons (Fsp3) is 0.318. The van der Waals surface area contributed by atoms with E-state index in [1.807, 2.05) is 60.4 Å². The van der Waals surface area contributed by atoms with Crippen molar-refractivity contribution in [1.29, 1.82) is 0 Å². The van der Waals surface area contributed by atoms with Crippen LogP contribution in [0.2, 0.25) is 0 Å². The first-order valence-corrected chi connectivity index (χ1v) is 9.70. The zero-order valence-electron chi connectivity index (χ0n) is 16.6. The van der Waals surface area contributed by atoms with Gasteiger partial charge < -0.3 is 9.64 Å². The molecule has 2 amide bonds. The molecule has 0 unspecified atom stereocenters. The molecule has 2 aromatic rings. The molecule has 1 N–H and O–H groups in total. The molecule has 0 radical (unpaired) electrons. The van der Waals surface area contributed by atoms with Crippen LogP contribution < -0.4 is 15.2 Å². The van der Waals surface area contributed by atoms with Gasteiger partial charge in [0.25, 0.3) is 11.8 Å². The molecule has 0 spiro atoms. The number of hydrogen-bond acceptors (Lipinski definition) is 5. The third kappa shape index (κ3) is 4.23. The van der Waals surface area contributed by atoms with Crippen molar-refractivity contribution in [3.8, 4) is 5.75 Å². The predicted octanol–water partition coefficient (Wildman–Crippen LogP) is 2.44. The monoisotopic (exact) mass is 392 g/mol. The van der Waals surface area contributed by atoms with Gasteiger partial charge in [0.15, 0.2) is 0 Å². The quantitative estimate of drug-likeness (QED) is 0.820. The molecule has 4 rings (SSSR count). The number of nitrogens with zero attached hydrogens (tertiary/aromatic N) is 3. The number of ether oxygens (including phenoxy) is 1. The number of carbonyl (C=O) groups excluding carboxylic acids is 2. The van der Waals surface area contributed by atoms with E-state index in [9.17, 15) is 9.59 Å². The Bertz CT molecular complexity index is 934. The number of aliphatic imine (C=N–C) groups is 1. The molecule has 0 bridgehead atoms. The lowest BCUT2D eigenvalue weighted by Crippen LogP contribution is -2.56. The van der Waals surface area contributed by atoms with Crippen LogP contribution in [-0.4, -0.2) is 42.2 Å². The highest BCUT2D eigenvalue weighted by Gasteiger charge is 2.36. The van der Waals surface area contributed by atoms with Crippen LogP contribution in [-0.2, 0) is 16.1 Å². The Morgan fingerprint density at radius 1 is 1.17 bits per heavy atom. The van der Waals surface area contributed by atoms with E-state index < -0.39 is 0 Å². The SMILES string of the molecule is COc1ccc(CN(C(=O)C2=NCC(=O)N(c3ccc(C)cc3)N2)C2CC2)cc1. The van der Waals surface area contributed by atoms with Crippen LogP contribution >= 0.6 is 0 Å². The fourth-order valence-electron chi connectivity index (χ4n) is 3.26. The number of carbonyl (C=O) groups is 2. The van der Waals surface area contributed by atoms with Gasteiger partial charge in [0.1, 0.15) is 12.3 Å². The molecule has 0 saturated heterocycles. The van der Waals surface area contributed by atoms with Crippen LogP contribution in [0.15, 0.2) is 53.5 Å². The number of amides is 2. The molecule has 1 heterocycles. The highest BCUT2D eigenvalue weighted by Crippen LogP contribution is 2.29. The molecular formula is C22H24N4O3. The standard InChI is InChI=1S/C22H24N4O3/c1-15-3-7-18(8-4-15)26-20(27)13-23-21(24-26)22(28)25(17-9-10-17)14-16-5-11-19(29-2)12-6-16/h3-8,11-12,17H,9-10,13-14H2,1-2H3,(H,23,24). The maximum atomic E-state index is 13.2. The first kappa shape index (κ1) is 19.0. The summed E-state index contributed by atoms with van der Waals surface area (Å²) in [6, 6.07) is 15.5. The zero-order chi connectivity index (χ0) is 20.4. The number of hydrazine groups is 1. The van der Waals surface area contributed by atoms with E-state index in [2.05, 4.69) is 10.4 Å². The van der Waals surface area contributed by atoms with Crippen molar-refractivity contribution >= 4 is 23.3 Å². The summed E-state index contributed by atoms with van der Waals surface area (Å²) >= 11 is 0. The average molecular weight is 392 g/mol. The maximum absolute atomic E-state index is 13.2. The van der Waals surface area contributed by atoms with E-state index in [1.54, 1.807) is 7.11 Å². The second kappa shape index (κ2) is 7.95. The molecule has 29 heavy (non-hydrogen) atoms. The first-order chi connectivity index (χ1) is 14.0. The molecule has 0 atom stereocenters. The molecule has 7 heteroatoms. The summed E-state index contributed by atoms with van der Waals surface area (Å²) in [6.45, 7) is 2.42. The third-order valence-corrected chi connectivity index (χ3v) is 5.09. The lowest BCUT2D eigenvalue weighted by atomic mass is 10.2. The smallest absolute Gasteiger partial charge is 0.291 e. The van der Waals surface area contributed by atoms with Crippen molar-refractivity contribution in [3.05, 3.63) is 59.7 Å². The van der Waals surface area contributed by atoms with Gasteiger partial charge in [-0.1, -0.05) is 29.8 Å². The number of aryl methyl sites for hydroxylation is 1. The van der Waals surface area contributed by atoms with Crippen LogP contribution in [0.4, 0.5) is 5.69 Å². The maximum Gasteiger partial charge on any atom is 0.291 e. The van der Waals surface area contributed by atoms with Crippen molar-refractivity contribution in [2.45, 2.75) is 32.4 Å². The van der Waals surface area contributed by atoms with E-state index in [4.69, 9.17) is 4.74 Å². The summed E-state index contributed by atoms with van der Waals surface area (Å²) in [5, 5.41) is 1.40. The van der Waals surface area contributed by atoms with Gasteiger partial charge in [-0.15, -0.1) is 0 Å². The second-order valence-corrected chi connectivity index (χ2v) is 7.35. The highest BCUT2D eigenvalue weighted by atomic mass is 16.5. The van der Waals surface area contributed by atoms with Crippen LogP contribution in [0.25, 0.3) is 0 Å². The molecule has 2 aliphatic rings. The van der Waals surface area contributed by atoms with Crippen molar-refractivity contribution in [3.63, 3.8) is 0 Å². The predicted molar refractivity (Wildman–Crippen MR) is 111 cm³/mol. The van der Waals surface area contributed by atoms with Gasteiger partial charge in [0.2, 0.25) is 5.84 Å². The summed E-state index contributed by atoms with van der Waals surface area (Å²) in [4.78, 5) is 31.6. The molecule has 2 aromatic carbocycles. The lowest BCUT2D eigenvalue weighted by Gasteiger charge is -2.30. The van der Waals surface area contributed by atoms with Crippen LogP contribution in [0.1, 0.15) is 24.0 Å². The molecule has 150 valence electrons. The third-order valence-electron chi connectivity index (χ3n) is 5.09. The molecular weight excluding hydrogens is 368 g/mol. The van der Waals surface area contributed by atoms with Crippen LogP contribution in [0, 0.1) is 6.92 Å². The normalized spacial score (nSPS) is 16.1. The van der Waals surface area contributed by atoms with Gasteiger partial charge in [-0.25, -0.2) is 5.01 Å². The van der Waals surface area contributed by atoms with Gasteiger partial charge in [0, 0.05) is 12.6 Å². The number of rotatable bonds is 6. The summed E-state index contributed by atoms with van der Waals surface area (Å²) < 4.78 is 5.20. The minimum absolute atomic E-state index is 0.0526. The minimum Gasteiger partial charge on any atom is -0.497 e. The molecule has 0 aromatic heterocycles. The summed E-state index contributed by atoms with van der Waals surface area (Å²) in [6.07, 6.45) is 1.96. The number of amidine groups is 1. The van der Waals surface area contributed by atoms with E-state index in [-0.39, 0.29) is 30.2 Å². The molecule has 1 aliphatic heterocycles. The largest absolute Gasteiger partial charge is 0.497 e. The first-order valence-electron chi connectivity index (χ1n) is 9.70. The number of benzene rings is 2. The number of anilines is 1. The number of hydrogen-bond donors (Lipinski definition) is 1. The Labute approximate surface area is 169 Å². The van der Waals surface area contributed by atoms with Gasteiger partial charge in [-0.05, 0) is 49.6 Å². The van der Waals surface area contributed by atoms with Gasteiger partial charge >= 0.3 is 0 Å². The van der Waals surface area contributed by atoms with Gasteiger partial charge in [-0.3, -0.25) is 20.0 Å². The van der Waals surface area contributed by atoms with E-state index >= 15 is 0 Å². The fourth-order valence-corrected chi connectivity index (χ4v) is 3.26. The van der Waals surface area contributed by atoms with Crippen LogP contribution in [0.3, 0.4) is 0 Å². The summed E-state index contributed by atoms with van der Waals surface area (Å²) in [5.74, 6) is 0.598. The van der Waals surface area contributed by atoms with E-state index in [0.29, 0.717) is 12.2 Å². The van der Waals surface area contributed by atoms with Gasteiger partial charge in [-0.2, -0.15) is 0 Å².